The van der Waals surface area contributed by atoms with E-state index in [2.05, 4.69) is 0 Å². The summed E-state index contributed by atoms with van der Waals surface area (Å²) in [6.07, 6.45) is 0. The van der Waals surface area contributed by atoms with E-state index in [1.165, 1.54) is 0 Å². The maximum Gasteiger partial charge on any atom is 0.127 e. The van der Waals surface area contributed by atoms with Crippen molar-refractivity contribution in [1.29, 1.82) is 0 Å². The molecule has 0 bridgehead atoms. The molecule has 1 aromatic rings. The molecule has 5 heteroatoms. The Balaban J connectivity index is 2.73. The zero-order chi connectivity index (χ0) is 12.3. The highest BCUT2D eigenvalue weighted by Gasteiger charge is 2.16. The molecule has 0 heterocycles. The van der Waals surface area contributed by atoms with Crippen LogP contribution in [0.4, 0.5) is 8.78 Å². The molecule has 90 valence electrons. The molecule has 1 rings (SSSR count). The summed E-state index contributed by atoms with van der Waals surface area (Å²) in [4.78, 5) is 0. The van der Waals surface area contributed by atoms with Crippen LogP contribution in [-0.4, -0.2) is 15.5 Å². The third kappa shape index (κ3) is 4.37. The molecule has 0 aromatic heterocycles. The predicted molar refractivity (Wildman–Crippen MR) is 61.3 cm³/mol. The summed E-state index contributed by atoms with van der Waals surface area (Å²) in [6.45, 7) is 3.49. The maximum atomic E-state index is 13.2. The fourth-order valence-corrected chi connectivity index (χ4v) is 2.79. The van der Waals surface area contributed by atoms with Crippen LogP contribution in [0.3, 0.4) is 0 Å². The summed E-state index contributed by atoms with van der Waals surface area (Å²) >= 11 is 0. The Morgan fingerprint density at radius 2 is 2.00 bits per heavy atom. The first-order valence-electron chi connectivity index (χ1n) is 4.86. The van der Waals surface area contributed by atoms with Crippen molar-refractivity contribution < 1.29 is 13.0 Å². The summed E-state index contributed by atoms with van der Waals surface area (Å²) in [7, 11) is -1.29. The SMILES string of the molecule is CC(C)(N)CS(=O)Cc1cc(F)ccc1F. The van der Waals surface area contributed by atoms with Crippen molar-refractivity contribution in [3.8, 4) is 0 Å². The number of benzene rings is 1. The minimum atomic E-state index is -1.29. The van der Waals surface area contributed by atoms with Crippen LogP contribution in [0.15, 0.2) is 18.2 Å². The zero-order valence-electron chi connectivity index (χ0n) is 9.30. The zero-order valence-corrected chi connectivity index (χ0v) is 10.1. The standard InChI is InChI=1S/C11H15F2NOS/c1-11(2,14)7-16(15)6-8-5-9(12)3-4-10(8)13/h3-5H,6-7,14H2,1-2H3. The summed E-state index contributed by atoms with van der Waals surface area (Å²) in [5.41, 5.74) is 5.25. The van der Waals surface area contributed by atoms with Gasteiger partial charge >= 0.3 is 0 Å². The van der Waals surface area contributed by atoms with E-state index in [1.54, 1.807) is 13.8 Å². The van der Waals surface area contributed by atoms with Crippen molar-refractivity contribution in [3.63, 3.8) is 0 Å². The lowest BCUT2D eigenvalue weighted by molar-refractivity contribution is 0.574. The molecule has 1 aromatic carbocycles. The van der Waals surface area contributed by atoms with Gasteiger partial charge in [0.05, 0.1) is 5.75 Å². The fourth-order valence-electron chi connectivity index (χ4n) is 1.29. The lowest BCUT2D eigenvalue weighted by Gasteiger charge is -2.17. The predicted octanol–water partition coefficient (Wildman–Crippen LogP) is 1.95. The Hall–Kier alpha value is -0.810. The molecule has 1 unspecified atom stereocenters. The number of nitrogens with two attached hydrogens (primary N) is 1. The highest BCUT2D eigenvalue weighted by Crippen LogP contribution is 2.13. The van der Waals surface area contributed by atoms with Gasteiger partial charge in [-0.1, -0.05) is 0 Å². The molecule has 0 spiro atoms. The van der Waals surface area contributed by atoms with E-state index in [4.69, 9.17) is 5.73 Å². The van der Waals surface area contributed by atoms with Gasteiger partial charge in [0.2, 0.25) is 0 Å². The minimum Gasteiger partial charge on any atom is -0.325 e. The van der Waals surface area contributed by atoms with Crippen molar-refractivity contribution >= 4 is 10.8 Å². The van der Waals surface area contributed by atoms with Crippen LogP contribution in [0.25, 0.3) is 0 Å². The van der Waals surface area contributed by atoms with Crippen LogP contribution in [0.2, 0.25) is 0 Å². The van der Waals surface area contributed by atoms with Gasteiger partial charge in [0, 0.05) is 27.7 Å². The van der Waals surface area contributed by atoms with Gasteiger partial charge < -0.3 is 5.73 Å². The minimum absolute atomic E-state index is 0.00970. The largest absolute Gasteiger partial charge is 0.325 e. The van der Waals surface area contributed by atoms with Crippen LogP contribution in [0.5, 0.6) is 0 Å². The van der Waals surface area contributed by atoms with Crippen molar-refractivity contribution in [2.75, 3.05) is 5.75 Å². The second-order valence-corrected chi connectivity index (χ2v) is 5.91. The molecule has 0 amide bonds. The molecule has 0 saturated heterocycles. The molecule has 0 aliphatic carbocycles. The van der Waals surface area contributed by atoms with Crippen LogP contribution < -0.4 is 5.73 Å². The monoisotopic (exact) mass is 247 g/mol. The van der Waals surface area contributed by atoms with Crippen LogP contribution in [0, 0.1) is 11.6 Å². The topological polar surface area (TPSA) is 43.1 Å². The molecule has 16 heavy (non-hydrogen) atoms. The first-order valence-corrected chi connectivity index (χ1v) is 6.34. The number of rotatable bonds is 4. The van der Waals surface area contributed by atoms with Crippen LogP contribution in [-0.2, 0) is 16.6 Å². The van der Waals surface area contributed by atoms with E-state index >= 15 is 0 Å². The van der Waals surface area contributed by atoms with E-state index in [1.807, 2.05) is 0 Å². The lowest BCUT2D eigenvalue weighted by Crippen LogP contribution is -2.38. The third-order valence-corrected chi connectivity index (χ3v) is 3.56. The second kappa shape index (κ2) is 5.01. The summed E-state index contributed by atoms with van der Waals surface area (Å²) < 4.78 is 37.7. The quantitative estimate of drug-likeness (QED) is 0.883. The highest BCUT2D eigenvalue weighted by atomic mass is 32.2. The molecule has 0 fully saturated rings. The van der Waals surface area contributed by atoms with Gasteiger partial charge in [-0.05, 0) is 32.0 Å². The van der Waals surface area contributed by atoms with Crippen LogP contribution in [0.1, 0.15) is 19.4 Å². The molecule has 0 aliphatic rings. The van der Waals surface area contributed by atoms with E-state index in [0.717, 1.165) is 18.2 Å². The summed E-state index contributed by atoms with van der Waals surface area (Å²) in [6, 6.07) is 3.14. The molecule has 0 saturated carbocycles. The van der Waals surface area contributed by atoms with Gasteiger partial charge in [0.1, 0.15) is 11.6 Å². The highest BCUT2D eigenvalue weighted by molar-refractivity contribution is 7.84. The number of hydrogen-bond donors (Lipinski definition) is 1. The molecule has 2 nitrogen and oxygen atoms in total. The van der Waals surface area contributed by atoms with E-state index in [9.17, 15) is 13.0 Å². The van der Waals surface area contributed by atoms with Gasteiger partial charge in [0.25, 0.3) is 0 Å². The summed E-state index contributed by atoms with van der Waals surface area (Å²) in [5, 5.41) is 0. The van der Waals surface area contributed by atoms with Crippen molar-refractivity contribution in [3.05, 3.63) is 35.4 Å². The van der Waals surface area contributed by atoms with Gasteiger partial charge in [-0.25, -0.2) is 8.78 Å². The maximum absolute atomic E-state index is 13.2. The second-order valence-electron chi connectivity index (χ2n) is 4.45. The molecule has 0 radical (unpaired) electrons. The number of halogens is 2. The van der Waals surface area contributed by atoms with Gasteiger partial charge in [-0.3, -0.25) is 4.21 Å². The van der Waals surface area contributed by atoms with Gasteiger partial charge in [-0.15, -0.1) is 0 Å². The lowest BCUT2D eigenvalue weighted by atomic mass is 10.1. The Kier molecular flexibility index (Phi) is 4.15. The third-order valence-electron chi connectivity index (χ3n) is 1.86. The Morgan fingerprint density at radius 3 is 2.56 bits per heavy atom. The average molecular weight is 247 g/mol. The molecule has 0 aliphatic heterocycles. The van der Waals surface area contributed by atoms with E-state index < -0.39 is 28.0 Å². The Bertz CT molecular complexity index is 401. The molecule has 2 N–H and O–H groups in total. The smallest absolute Gasteiger partial charge is 0.127 e. The molecule has 1 atom stereocenters. The molecular weight excluding hydrogens is 232 g/mol. The van der Waals surface area contributed by atoms with E-state index in [0.29, 0.717) is 0 Å². The average Bonchev–Trinajstić information content (AvgIpc) is 2.08. The first kappa shape index (κ1) is 13.3. The van der Waals surface area contributed by atoms with Gasteiger partial charge in [-0.2, -0.15) is 0 Å². The van der Waals surface area contributed by atoms with E-state index in [-0.39, 0.29) is 17.1 Å². The fraction of sp³-hybridized carbons (Fsp3) is 0.455. The first-order chi connectivity index (χ1) is 7.28. The summed E-state index contributed by atoms with van der Waals surface area (Å²) in [5.74, 6) is -0.822. The normalized spacial score (nSPS) is 13.8. The Morgan fingerprint density at radius 1 is 1.38 bits per heavy atom. The molecular formula is C11H15F2NOS. The van der Waals surface area contributed by atoms with Crippen molar-refractivity contribution in [1.82, 2.24) is 0 Å². The Labute approximate surface area is 96.3 Å². The van der Waals surface area contributed by atoms with Gasteiger partial charge in [0.15, 0.2) is 0 Å². The van der Waals surface area contributed by atoms with Crippen molar-refractivity contribution in [2.24, 2.45) is 5.73 Å². The van der Waals surface area contributed by atoms with Crippen LogP contribution >= 0.6 is 0 Å². The number of hydrogen-bond acceptors (Lipinski definition) is 2. The van der Waals surface area contributed by atoms with Crippen molar-refractivity contribution in [2.45, 2.75) is 25.1 Å².